The SMILES string of the molecule is CN=C(NCCN1C(=O)Cc2ccccc21)NC1CCN(C2CCCC2)C1. The van der Waals surface area contributed by atoms with Gasteiger partial charge in [-0.15, -0.1) is 0 Å². The number of amides is 1. The van der Waals surface area contributed by atoms with Crippen molar-refractivity contribution in [2.24, 2.45) is 4.99 Å². The van der Waals surface area contributed by atoms with Gasteiger partial charge in [-0.05, 0) is 30.9 Å². The summed E-state index contributed by atoms with van der Waals surface area (Å²) >= 11 is 0. The Morgan fingerprint density at radius 1 is 1.22 bits per heavy atom. The van der Waals surface area contributed by atoms with Gasteiger partial charge in [-0.1, -0.05) is 31.0 Å². The Labute approximate surface area is 162 Å². The van der Waals surface area contributed by atoms with Crippen molar-refractivity contribution < 1.29 is 4.79 Å². The van der Waals surface area contributed by atoms with Crippen LogP contribution < -0.4 is 15.5 Å². The molecule has 1 atom stereocenters. The van der Waals surface area contributed by atoms with Gasteiger partial charge in [0.1, 0.15) is 0 Å². The van der Waals surface area contributed by atoms with Gasteiger partial charge in [0.05, 0.1) is 6.42 Å². The van der Waals surface area contributed by atoms with Crippen LogP contribution in [0.25, 0.3) is 0 Å². The molecule has 1 saturated carbocycles. The predicted octanol–water partition coefficient (Wildman–Crippen LogP) is 1.76. The summed E-state index contributed by atoms with van der Waals surface area (Å²) in [5.74, 6) is 1.03. The Bertz CT molecular complexity index is 698. The quantitative estimate of drug-likeness (QED) is 0.613. The highest BCUT2D eigenvalue weighted by Crippen LogP contribution is 2.28. The molecule has 2 aliphatic heterocycles. The molecule has 0 radical (unpaired) electrons. The summed E-state index contributed by atoms with van der Waals surface area (Å²) in [6, 6.07) is 9.32. The summed E-state index contributed by atoms with van der Waals surface area (Å²) in [6.45, 7) is 3.66. The topological polar surface area (TPSA) is 60.0 Å². The molecule has 27 heavy (non-hydrogen) atoms. The second-order valence-corrected chi connectivity index (χ2v) is 7.91. The molecule has 1 amide bonds. The van der Waals surface area contributed by atoms with Crippen LogP contribution >= 0.6 is 0 Å². The molecule has 3 aliphatic rings. The molecule has 1 aliphatic carbocycles. The summed E-state index contributed by atoms with van der Waals surface area (Å²) in [7, 11) is 1.81. The van der Waals surface area contributed by atoms with Crippen LogP contribution in [0.5, 0.6) is 0 Å². The van der Waals surface area contributed by atoms with E-state index in [0.29, 0.717) is 25.6 Å². The van der Waals surface area contributed by atoms with Crippen LogP contribution in [0.1, 0.15) is 37.7 Å². The highest BCUT2D eigenvalue weighted by molar-refractivity contribution is 6.01. The molecular formula is C21H31N5O. The van der Waals surface area contributed by atoms with Gasteiger partial charge in [0.15, 0.2) is 5.96 Å². The van der Waals surface area contributed by atoms with Crippen LogP contribution in [-0.2, 0) is 11.2 Å². The Balaban J connectivity index is 1.24. The van der Waals surface area contributed by atoms with E-state index in [1.807, 2.05) is 36.2 Å². The predicted molar refractivity (Wildman–Crippen MR) is 109 cm³/mol. The largest absolute Gasteiger partial charge is 0.355 e. The molecule has 1 unspecified atom stereocenters. The van der Waals surface area contributed by atoms with E-state index < -0.39 is 0 Å². The minimum Gasteiger partial charge on any atom is -0.355 e. The average Bonchev–Trinajstić information content (AvgIpc) is 3.41. The van der Waals surface area contributed by atoms with Crippen LogP contribution in [0.15, 0.2) is 29.3 Å². The highest BCUT2D eigenvalue weighted by Gasteiger charge is 2.30. The number of carbonyl (C=O) groups excluding carboxylic acids is 1. The van der Waals surface area contributed by atoms with E-state index in [9.17, 15) is 4.79 Å². The number of rotatable bonds is 5. The van der Waals surface area contributed by atoms with Crippen LogP contribution in [0.3, 0.4) is 0 Å². The summed E-state index contributed by atoms with van der Waals surface area (Å²) in [5, 5.41) is 6.95. The number of fused-ring (bicyclic) bond motifs is 1. The molecule has 1 aromatic carbocycles. The van der Waals surface area contributed by atoms with Gasteiger partial charge < -0.3 is 15.5 Å². The third-order valence-corrected chi connectivity index (χ3v) is 6.18. The lowest BCUT2D eigenvalue weighted by molar-refractivity contribution is -0.117. The maximum Gasteiger partial charge on any atom is 0.231 e. The molecule has 2 N–H and O–H groups in total. The van der Waals surface area contributed by atoms with Gasteiger partial charge in [0.25, 0.3) is 0 Å². The van der Waals surface area contributed by atoms with Crippen LogP contribution in [-0.4, -0.2) is 62.1 Å². The number of nitrogens with zero attached hydrogens (tertiary/aromatic N) is 3. The smallest absolute Gasteiger partial charge is 0.231 e. The fourth-order valence-corrected chi connectivity index (χ4v) is 4.74. The van der Waals surface area contributed by atoms with Crippen LogP contribution in [0, 0.1) is 0 Å². The number of hydrogen-bond donors (Lipinski definition) is 2. The second kappa shape index (κ2) is 8.30. The van der Waals surface area contributed by atoms with E-state index in [-0.39, 0.29) is 5.91 Å². The number of aliphatic imine (C=N–C) groups is 1. The first-order chi connectivity index (χ1) is 13.2. The summed E-state index contributed by atoms with van der Waals surface area (Å²) in [5.41, 5.74) is 2.18. The fraction of sp³-hybridized carbons (Fsp3) is 0.619. The molecule has 0 bridgehead atoms. The van der Waals surface area contributed by atoms with Crippen molar-refractivity contribution in [3.05, 3.63) is 29.8 Å². The van der Waals surface area contributed by atoms with E-state index in [1.165, 1.54) is 38.6 Å². The van der Waals surface area contributed by atoms with Gasteiger partial charge in [-0.2, -0.15) is 0 Å². The second-order valence-electron chi connectivity index (χ2n) is 7.91. The molecule has 146 valence electrons. The normalized spacial score (nSPS) is 23.9. The Morgan fingerprint density at radius 3 is 2.85 bits per heavy atom. The van der Waals surface area contributed by atoms with E-state index in [4.69, 9.17) is 0 Å². The Morgan fingerprint density at radius 2 is 2.04 bits per heavy atom. The molecule has 0 aromatic heterocycles. The monoisotopic (exact) mass is 369 g/mol. The van der Waals surface area contributed by atoms with E-state index in [0.717, 1.165) is 29.8 Å². The summed E-state index contributed by atoms with van der Waals surface area (Å²) in [4.78, 5) is 21.2. The van der Waals surface area contributed by atoms with Crippen molar-refractivity contribution in [3.8, 4) is 0 Å². The zero-order chi connectivity index (χ0) is 18.6. The van der Waals surface area contributed by atoms with Gasteiger partial charge in [0.2, 0.25) is 5.91 Å². The van der Waals surface area contributed by atoms with Crippen molar-refractivity contribution in [2.75, 3.05) is 38.1 Å². The van der Waals surface area contributed by atoms with E-state index >= 15 is 0 Å². The Hall–Kier alpha value is -2.08. The fourth-order valence-electron chi connectivity index (χ4n) is 4.74. The zero-order valence-electron chi connectivity index (χ0n) is 16.3. The first kappa shape index (κ1) is 18.3. The first-order valence-electron chi connectivity index (χ1n) is 10.3. The molecule has 6 nitrogen and oxygen atoms in total. The number of hydrogen-bond acceptors (Lipinski definition) is 3. The number of nitrogens with one attached hydrogen (secondary N) is 2. The summed E-state index contributed by atoms with van der Waals surface area (Å²) < 4.78 is 0. The molecular weight excluding hydrogens is 338 g/mol. The number of carbonyl (C=O) groups is 1. The minimum absolute atomic E-state index is 0.184. The average molecular weight is 370 g/mol. The Kier molecular flexibility index (Phi) is 5.62. The molecule has 6 heteroatoms. The third kappa shape index (κ3) is 4.10. The van der Waals surface area contributed by atoms with Crippen LogP contribution in [0.2, 0.25) is 0 Å². The maximum absolute atomic E-state index is 12.3. The number of anilines is 1. The van der Waals surface area contributed by atoms with Crippen molar-refractivity contribution in [3.63, 3.8) is 0 Å². The van der Waals surface area contributed by atoms with Gasteiger partial charge in [-0.25, -0.2) is 0 Å². The van der Waals surface area contributed by atoms with Gasteiger partial charge in [0, 0.05) is 51.0 Å². The zero-order valence-corrected chi connectivity index (χ0v) is 16.3. The number of para-hydroxylation sites is 1. The van der Waals surface area contributed by atoms with Crippen molar-refractivity contribution in [2.45, 2.75) is 50.6 Å². The molecule has 4 rings (SSSR count). The van der Waals surface area contributed by atoms with Crippen molar-refractivity contribution in [1.29, 1.82) is 0 Å². The van der Waals surface area contributed by atoms with Gasteiger partial charge in [-0.3, -0.25) is 14.7 Å². The van der Waals surface area contributed by atoms with E-state index in [1.54, 1.807) is 0 Å². The molecule has 1 saturated heterocycles. The lowest BCUT2D eigenvalue weighted by Crippen LogP contribution is -2.47. The third-order valence-electron chi connectivity index (χ3n) is 6.18. The number of benzene rings is 1. The molecule has 2 fully saturated rings. The molecule has 1 aromatic rings. The van der Waals surface area contributed by atoms with Crippen LogP contribution in [0.4, 0.5) is 5.69 Å². The van der Waals surface area contributed by atoms with Crippen molar-refractivity contribution >= 4 is 17.6 Å². The molecule has 2 heterocycles. The lowest BCUT2D eigenvalue weighted by atomic mass is 10.2. The number of guanidine groups is 1. The van der Waals surface area contributed by atoms with Gasteiger partial charge >= 0.3 is 0 Å². The summed E-state index contributed by atoms with van der Waals surface area (Å²) in [6.07, 6.45) is 7.20. The molecule has 0 spiro atoms. The van der Waals surface area contributed by atoms with Crippen molar-refractivity contribution in [1.82, 2.24) is 15.5 Å². The minimum atomic E-state index is 0.184. The van der Waals surface area contributed by atoms with E-state index in [2.05, 4.69) is 20.5 Å². The standard InChI is InChI=1S/C21H31N5O/c1-22-21(24-17-10-12-25(15-17)18-7-3-4-8-18)23-11-13-26-19-9-5-2-6-16(19)14-20(26)27/h2,5-6,9,17-18H,3-4,7-8,10-15H2,1H3,(H2,22,23,24). The number of likely N-dealkylation sites (tertiary alicyclic amines) is 1. The maximum atomic E-state index is 12.3. The lowest BCUT2D eigenvalue weighted by Gasteiger charge is -2.24. The first-order valence-corrected chi connectivity index (χ1v) is 10.3. The highest BCUT2D eigenvalue weighted by atomic mass is 16.2.